The van der Waals surface area contributed by atoms with Gasteiger partial charge in [-0.3, -0.25) is 4.79 Å². The number of hydrogen-bond donors (Lipinski definition) is 0. The van der Waals surface area contributed by atoms with Gasteiger partial charge in [0.2, 0.25) is 0 Å². The maximum absolute atomic E-state index is 11.9. The summed E-state index contributed by atoms with van der Waals surface area (Å²) in [5.74, 6) is -0.382. The fourth-order valence-corrected chi connectivity index (χ4v) is 6.88. The summed E-state index contributed by atoms with van der Waals surface area (Å²) in [7, 11) is -3.08. The number of amides is 1. The lowest BCUT2D eigenvalue weighted by Crippen LogP contribution is -2.37. The Kier molecular flexibility index (Phi) is 4.49. The molecule has 2 aliphatic heterocycles. The monoisotopic (exact) mass is 413 g/mol. The van der Waals surface area contributed by atoms with Crippen molar-refractivity contribution in [3.8, 4) is 6.07 Å². The minimum Gasteiger partial charge on any atom is -0.316 e. The molecule has 1 aromatic carbocycles. The molecule has 2 heterocycles. The highest BCUT2D eigenvalue weighted by atomic mass is 79.9. The zero-order valence-electron chi connectivity index (χ0n) is 11.8. The first kappa shape index (κ1) is 16.5. The number of aliphatic imine (C=N–C) groups is 1. The maximum atomic E-state index is 11.9. The number of rotatable bonds is 2. The first-order valence-electron chi connectivity index (χ1n) is 6.80. The van der Waals surface area contributed by atoms with Crippen LogP contribution in [0.1, 0.15) is 6.42 Å². The smallest absolute Gasteiger partial charge is 0.262 e. The van der Waals surface area contributed by atoms with Crippen molar-refractivity contribution in [1.82, 2.24) is 0 Å². The molecule has 0 N–H and O–H groups in total. The molecule has 2 atom stereocenters. The topological polar surface area (TPSA) is 90.6 Å². The number of thioether (sulfide) groups is 1. The van der Waals surface area contributed by atoms with Crippen LogP contribution in [0.25, 0.3) is 0 Å². The van der Waals surface area contributed by atoms with Crippen molar-refractivity contribution >= 4 is 54.3 Å². The van der Waals surface area contributed by atoms with E-state index in [4.69, 9.17) is 5.26 Å². The van der Waals surface area contributed by atoms with Gasteiger partial charge in [0, 0.05) is 15.4 Å². The van der Waals surface area contributed by atoms with Crippen molar-refractivity contribution in [3.63, 3.8) is 0 Å². The summed E-state index contributed by atoms with van der Waals surface area (Å²) in [6.07, 6.45) is -0.286. The summed E-state index contributed by atoms with van der Waals surface area (Å²) >= 11 is 4.66. The Labute approximate surface area is 146 Å². The molecule has 2 fully saturated rings. The largest absolute Gasteiger partial charge is 0.316 e. The van der Waals surface area contributed by atoms with Crippen LogP contribution >= 0.6 is 27.7 Å². The summed E-state index contributed by atoms with van der Waals surface area (Å²) in [5, 5.41) is 8.94. The number of anilines is 1. The fraction of sp³-hybridized carbons (Fsp3) is 0.357. The van der Waals surface area contributed by atoms with Crippen molar-refractivity contribution < 1.29 is 13.2 Å². The van der Waals surface area contributed by atoms with Gasteiger partial charge in [-0.1, -0.05) is 27.7 Å². The summed E-state index contributed by atoms with van der Waals surface area (Å²) in [6.45, 7) is 0. The summed E-state index contributed by atoms with van der Waals surface area (Å²) < 4.78 is 24.7. The van der Waals surface area contributed by atoms with Crippen LogP contribution < -0.4 is 4.90 Å². The van der Waals surface area contributed by atoms with Crippen molar-refractivity contribution in [2.24, 2.45) is 4.99 Å². The Hall–Kier alpha value is -1.37. The van der Waals surface area contributed by atoms with Crippen LogP contribution in [0.5, 0.6) is 0 Å². The molecule has 1 aromatic rings. The number of halogens is 1. The van der Waals surface area contributed by atoms with Gasteiger partial charge in [-0.05, 0) is 24.3 Å². The average molecular weight is 414 g/mol. The van der Waals surface area contributed by atoms with Crippen LogP contribution in [0.2, 0.25) is 0 Å². The third-order valence-electron chi connectivity index (χ3n) is 3.62. The molecule has 2 saturated heterocycles. The number of amidine groups is 1. The zero-order valence-corrected chi connectivity index (χ0v) is 15.1. The van der Waals surface area contributed by atoms with E-state index in [1.54, 1.807) is 6.07 Å². The average Bonchev–Trinajstić information content (AvgIpc) is 2.91. The Balaban J connectivity index is 1.99. The van der Waals surface area contributed by atoms with Crippen LogP contribution in [0.15, 0.2) is 33.7 Å². The van der Waals surface area contributed by atoms with E-state index in [-0.39, 0.29) is 29.2 Å². The number of nitriles is 1. The van der Waals surface area contributed by atoms with E-state index in [0.29, 0.717) is 5.17 Å². The first-order chi connectivity index (χ1) is 10.9. The lowest BCUT2D eigenvalue weighted by atomic mass is 10.2. The van der Waals surface area contributed by atoms with E-state index in [1.165, 1.54) is 11.8 Å². The second-order valence-corrected chi connectivity index (χ2v) is 9.55. The van der Waals surface area contributed by atoms with E-state index < -0.39 is 15.7 Å². The Morgan fingerprint density at radius 3 is 2.74 bits per heavy atom. The second kappa shape index (κ2) is 6.26. The van der Waals surface area contributed by atoms with E-state index in [1.807, 2.05) is 29.2 Å². The van der Waals surface area contributed by atoms with E-state index in [2.05, 4.69) is 20.9 Å². The number of nitrogens with zero attached hydrogens (tertiary/aromatic N) is 3. The molecule has 6 nitrogen and oxygen atoms in total. The number of benzene rings is 1. The molecule has 0 unspecified atom stereocenters. The lowest BCUT2D eigenvalue weighted by Gasteiger charge is -2.24. The van der Waals surface area contributed by atoms with E-state index >= 15 is 0 Å². The van der Waals surface area contributed by atoms with Gasteiger partial charge in [-0.2, -0.15) is 10.3 Å². The minimum atomic E-state index is -3.08. The fourth-order valence-electron chi connectivity index (χ4n) is 2.68. The molecule has 0 radical (unpaired) electrons. The Bertz CT molecular complexity index is 815. The first-order valence-corrected chi connectivity index (χ1v) is 10.3. The van der Waals surface area contributed by atoms with Crippen molar-refractivity contribution in [3.05, 3.63) is 28.7 Å². The number of hydrogen-bond acceptors (Lipinski definition) is 5. The molecule has 120 valence electrons. The summed E-state index contributed by atoms with van der Waals surface area (Å²) in [6, 6.07) is 8.95. The number of sulfone groups is 1. The molecule has 1 amide bonds. The molecular weight excluding hydrogens is 402 g/mol. The zero-order chi connectivity index (χ0) is 16.6. The van der Waals surface area contributed by atoms with E-state index in [9.17, 15) is 13.2 Å². The van der Waals surface area contributed by atoms with Gasteiger partial charge in [0.05, 0.1) is 23.6 Å². The van der Waals surface area contributed by atoms with Crippen LogP contribution in [-0.2, 0) is 14.6 Å². The van der Waals surface area contributed by atoms with Crippen molar-refractivity contribution in [1.29, 1.82) is 5.26 Å². The van der Waals surface area contributed by atoms with Gasteiger partial charge in [0.1, 0.15) is 6.42 Å². The van der Waals surface area contributed by atoms with Gasteiger partial charge in [-0.15, -0.1) is 0 Å². The standard InChI is InChI=1S/C14H12BrN3O3S2/c15-9-1-3-10(4-2-9)18-11-7-23(20,21)8-12(11)22-14(18)17-13(19)5-6-16/h1-4,11-12H,5,7-8H2/t11-,12+/m0/s1. The quantitative estimate of drug-likeness (QED) is 0.735. The molecule has 0 spiro atoms. The predicted molar refractivity (Wildman–Crippen MR) is 93.1 cm³/mol. The molecule has 23 heavy (non-hydrogen) atoms. The number of carbonyl (C=O) groups excluding carboxylic acids is 1. The second-order valence-electron chi connectivity index (χ2n) is 5.27. The van der Waals surface area contributed by atoms with Gasteiger partial charge >= 0.3 is 0 Å². The van der Waals surface area contributed by atoms with Gasteiger partial charge in [0.15, 0.2) is 15.0 Å². The minimum absolute atomic E-state index is 0.0478. The third kappa shape index (κ3) is 3.44. The molecule has 0 bridgehead atoms. The van der Waals surface area contributed by atoms with Gasteiger partial charge in [-0.25, -0.2) is 8.42 Å². The molecule has 0 aliphatic carbocycles. The van der Waals surface area contributed by atoms with E-state index in [0.717, 1.165) is 10.2 Å². The highest BCUT2D eigenvalue weighted by molar-refractivity contribution is 9.10. The van der Waals surface area contributed by atoms with Crippen LogP contribution in [-0.4, -0.2) is 42.3 Å². The molecule has 2 aliphatic rings. The van der Waals surface area contributed by atoms with Crippen LogP contribution in [0.3, 0.4) is 0 Å². The molecular formula is C14H12BrN3O3S2. The Morgan fingerprint density at radius 1 is 1.39 bits per heavy atom. The molecule has 3 rings (SSSR count). The SMILES string of the molecule is N#CCC(=O)N=C1S[C@@H]2CS(=O)(=O)C[C@@H]2N1c1ccc(Br)cc1. The molecule has 0 aromatic heterocycles. The van der Waals surface area contributed by atoms with Crippen LogP contribution in [0.4, 0.5) is 5.69 Å². The van der Waals surface area contributed by atoms with Gasteiger partial charge < -0.3 is 4.90 Å². The normalized spacial score (nSPS) is 27.0. The highest BCUT2D eigenvalue weighted by Gasteiger charge is 2.49. The number of fused-ring (bicyclic) bond motifs is 1. The van der Waals surface area contributed by atoms with Crippen molar-refractivity contribution in [2.75, 3.05) is 16.4 Å². The lowest BCUT2D eigenvalue weighted by molar-refractivity contribution is -0.116. The summed E-state index contributed by atoms with van der Waals surface area (Å²) in [5.41, 5.74) is 0.786. The highest BCUT2D eigenvalue weighted by Crippen LogP contribution is 2.41. The molecule has 0 saturated carbocycles. The van der Waals surface area contributed by atoms with Gasteiger partial charge in [0.25, 0.3) is 5.91 Å². The summed E-state index contributed by atoms with van der Waals surface area (Å²) in [4.78, 5) is 17.5. The Morgan fingerprint density at radius 2 is 2.09 bits per heavy atom. The molecule has 9 heteroatoms. The maximum Gasteiger partial charge on any atom is 0.262 e. The van der Waals surface area contributed by atoms with Crippen molar-refractivity contribution in [2.45, 2.75) is 17.7 Å². The predicted octanol–water partition coefficient (Wildman–Crippen LogP) is 1.96. The van der Waals surface area contributed by atoms with Crippen LogP contribution in [0, 0.1) is 11.3 Å². The number of carbonyl (C=O) groups is 1. The third-order valence-corrected chi connectivity index (χ3v) is 7.36.